The molecule has 3 aromatic rings. The van der Waals surface area contributed by atoms with Crippen molar-refractivity contribution in [2.75, 3.05) is 11.1 Å². The van der Waals surface area contributed by atoms with Gasteiger partial charge in [0.05, 0.1) is 29.2 Å². The van der Waals surface area contributed by atoms with Crippen molar-refractivity contribution >= 4 is 27.8 Å². The highest BCUT2D eigenvalue weighted by molar-refractivity contribution is 5.99. The van der Waals surface area contributed by atoms with Crippen molar-refractivity contribution < 1.29 is 0 Å². The predicted molar refractivity (Wildman–Crippen MR) is 80.6 cm³/mol. The molecule has 0 spiro atoms. The maximum Gasteiger partial charge on any atom is 0.0998 e. The lowest BCUT2D eigenvalue weighted by Gasteiger charge is -2.12. The van der Waals surface area contributed by atoms with Crippen molar-refractivity contribution in [3.05, 3.63) is 60.4 Å². The molecular formula is C16H12N4. The summed E-state index contributed by atoms with van der Waals surface area (Å²) in [6, 6.07) is 15.4. The molecular weight excluding hydrogens is 248 g/mol. The van der Waals surface area contributed by atoms with Crippen LogP contribution in [0.5, 0.6) is 0 Å². The van der Waals surface area contributed by atoms with Crippen LogP contribution in [0.1, 0.15) is 5.56 Å². The molecule has 0 aliphatic carbocycles. The van der Waals surface area contributed by atoms with Crippen LogP contribution < -0.4 is 11.1 Å². The van der Waals surface area contributed by atoms with E-state index >= 15 is 0 Å². The fraction of sp³-hybridized carbons (Fsp3) is 0. The first-order valence-corrected chi connectivity index (χ1v) is 6.18. The Kier molecular flexibility index (Phi) is 2.94. The zero-order valence-corrected chi connectivity index (χ0v) is 10.7. The van der Waals surface area contributed by atoms with Gasteiger partial charge >= 0.3 is 0 Å². The third-order valence-corrected chi connectivity index (χ3v) is 3.17. The molecule has 0 radical (unpaired) electrons. The van der Waals surface area contributed by atoms with E-state index in [1.807, 2.05) is 30.3 Å². The minimum Gasteiger partial charge on any atom is -0.397 e. The smallest absolute Gasteiger partial charge is 0.0998 e. The van der Waals surface area contributed by atoms with E-state index in [4.69, 9.17) is 11.0 Å². The van der Waals surface area contributed by atoms with E-state index in [0.29, 0.717) is 11.3 Å². The minimum absolute atomic E-state index is 0.633. The first kappa shape index (κ1) is 12.0. The van der Waals surface area contributed by atoms with Gasteiger partial charge in [0.1, 0.15) is 0 Å². The molecule has 3 rings (SSSR count). The highest BCUT2D eigenvalue weighted by atomic mass is 14.9. The van der Waals surface area contributed by atoms with Crippen LogP contribution in [0, 0.1) is 11.3 Å². The fourth-order valence-electron chi connectivity index (χ4n) is 2.16. The van der Waals surface area contributed by atoms with Crippen LogP contribution in [0.3, 0.4) is 0 Å². The highest BCUT2D eigenvalue weighted by Crippen LogP contribution is 2.30. The van der Waals surface area contributed by atoms with Gasteiger partial charge in [0.2, 0.25) is 0 Å². The maximum absolute atomic E-state index is 9.16. The second kappa shape index (κ2) is 4.90. The maximum atomic E-state index is 9.16. The average Bonchev–Trinajstić information content (AvgIpc) is 2.50. The summed E-state index contributed by atoms with van der Waals surface area (Å²) in [6.45, 7) is 0. The van der Waals surface area contributed by atoms with E-state index in [-0.39, 0.29) is 0 Å². The van der Waals surface area contributed by atoms with Crippen molar-refractivity contribution in [1.82, 2.24) is 4.98 Å². The normalized spacial score (nSPS) is 10.2. The number of nitriles is 1. The Bertz CT molecular complexity index is 818. The van der Waals surface area contributed by atoms with Gasteiger partial charge in [0.15, 0.2) is 0 Å². The predicted octanol–water partition coefficient (Wildman–Crippen LogP) is 3.43. The molecule has 0 aliphatic heterocycles. The van der Waals surface area contributed by atoms with Gasteiger partial charge in [0.25, 0.3) is 0 Å². The van der Waals surface area contributed by atoms with Gasteiger partial charge in [-0.15, -0.1) is 0 Å². The summed E-state index contributed by atoms with van der Waals surface area (Å²) in [5.74, 6) is 0. The topological polar surface area (TPSA) is 74.7 Å². The Hall–Kier alpha value is -3.06. The molecule has 2 aromatic carbocycles. The number of nitrogens with one attached hydrogen (secondary N) is 1. The number of anilines is 3. The van der Waals surface area contributed by atoms with Gasteiger partial charge in [0, 0.05) is 22.7 Å². The molecule has 1 heterocycles. The molecule has 0 fully saturated rings. The number of rotatable bonds is 2. The zero-order chi connectivity index (χ0) is 13.9. The third kappa shape index (κ3) is 2.02. The SMILES string of the molecule is N#Cc1ccc(Nc2cnccc2N)c2ccccc12. The lowest BCUT2D eigenvalue weighted by molar-refractivity contribution is 1.32. The first-order valence-electron chi connectivity index (χ1n) is 6.18. The number of nitrogens with two attached hydrogens (primary N) is 1. The van der Waals surface area contributed by atoms with Gasteiger partial charge in [-0.2, -0.15) is 5.26 Å². The number of hydrogen-bond acceptors (Lipinski definition) is 4. The van der Waals surface area contributed by atoms with Crippen LogP contribution in [-0.4, -0.2) is 4.98 Å². The lowest BCUT2D eigenvalue weighted by atomic mass is 10.0. The zero-order valence-electron chi connectivity index (χ0n) is 10.7. The molecule has 4 heteroatoms. The minimum atomic E-state index is 0.633. The van der Waals surface area contributed by atoms with Gasteiger partial charge in [-0.25, -0.2) is 0 Å². The Morgan fingerprint density at radius 1 is 1.00 bits per heavy atom. The molecule has 4 nitrogen and oxygen atoms in total. The second-order valence-electron chi connectivity index (χ2n) is 4.41. The molecule has 20 heavy (non-hydrogen) atoms. The summed E-state index contributed by atoms with van der Waals surface area (Å²) in [7, 11) is 0. The van der Waals surface area contributed by atoms with Crippen LogP contribution >= 0.6 is 0 Å². The van der Waals surface area contributed by atoms with Crippen LogP contribution in [0.25, 0.3) is 10.8 Å². The molecule has 0 bridgehead atoms. The lowest BCUT2D eigenvalue weighted by Crippen LogP contribution is -1.97. The highest BCUT2D eigenvalue weighted by Gasteiger charge is 2.06. The average molecular weight is 260 g/mol. The Morgan fingerprint density at radius 3 is 2.55 bits per heavy atom. The summed E-state index contributed by atoms with van der Waals surface area (Å²) in [6.07, 6.45) is 3.33. The summed E-state index contributed by atoms with van der Waals surface area (Å²) >= 11 is 0. The van der Waals surface area contributed by atoms with Crippen LogP contribution in [0.4, 0.5) is 17.1 Å². The molecule has 96 valence electrons. The molecule has 0 amide bonds. The second-order valence-corrected chi connectivity index (χ2v) is 4.41. The molecule has 3 N–H and O–H groups in total. The van der Waals surface area contributed by atoms with Crippen LogP contribution in [0.2, 0.25) is 0 Å². The van der Waals surface area contributed by atoms with E-state index in [1.54, 1.807) is 24.5 Å². The van der Waals surface area contributed by atoms with E-state index in [9.17, 15) is 0 Å². The third-order valence-electron chi connectivity index (χ3n) is 3.17. The summed E-state index contributed by atoms with van der Waals surface area (Å²) < 4.78 is 0. The molecule has 0 saturated carbocycles. The van der Waals surface area contributed by atoms with Gasteiger partial charge < -0.3 is 11.1 Å². The van der Waals surface area contributed by atoms with Gasteiger partial charge in [-0.1, -0.05) is 24.3 Å². The van der Waals surface area contributed by atoms with Crippen molar-refractivity contribution in [1.29, 1.82) is 5.26 Å². The van der Waals surface area contributed by atoms with Crippen molar-refractivity contribution in [3.8, 4) is 6.07 Å². The largest absolute Gasteiger partial charge is 0.397 e. The number of aromatic nitrogens is 1. The van der Waals surface area contributed by atoms with Gasteiger partial charge in [-0.05, 0) is 18.2 Å². The Balaban J connectivity index is 2.14. The molecule has 0 saturated heterocycles. The van der Waals surface area contributed by atoms with Crippen molar-refractivity contribution in [2.24, 2.45) is 0 Å². The van der Waals surface area contributed by atoms with Crippen molar-refractivity contribution in [2.45, 2.75) is 0 Å². The standard InChI is InChI=1S/C16H12N4/c17-9-11-5-6-15(13-4-2-1-3-12(11)13)20-16-10-19-8-7-14(16)18/h1-8,10,20H,(H2,18,19). The molecule has 1 aromatic heterocycles. The molecule has 0 atom stereocenters. The van der Waals surface area contributed by atoms with Crippen LogP contribution in [-0.2, 0) is 0 Å². The molecule has 0 unspecified atom stereocenters. The number of benzene rings is 2. The summed E-state index contributed by atoms with van der Waals surface area (Å²) in [5.41, 5.74) is 8.86. The van der Waals surface area contributed by atoms with E-state index in [2.05, 4.69) is 16.4 Å². The van der Waals surface area contributed by atoms with Crippen LogP contribution in [0.15, 0.2) is 54.9 Å². The quantitative estimate of drug-likeness (QED) is 0.740. The monoisotopic (exact) mass is 260 g/mol. The Labute approximate surface area is 116 Å². The van der Waals surface area contributed by atoms with E-state index in [0.717, 1.165) is 22.1 Å². The molecule has 0 aliphatic rings. The number of fused-ring (bicyclic) bond motifs is 1. The Morgan fingerprint density at radius 2 is 1.80 bits per heavy atom. The summed E-state index contributed by atoms with van der Waals surface area (Å²) in [4.78, 5) is 4.06. The van der Waals surface area contributed by atoms with E-state index < -0.39 is 0 Å². The summed E-state index contributed by atoms with van der Waals surface area (Å²) in [5, 5.41) is 14.3. The number of nitrogen functional groups attached to an aromatic ring is 1. The van der Waals surface area contributed by atoms with Gasteiger partial charge in [-0.3, -0.25) is 4.98 Å². The number of nitrogens with zero attached hydrogens (tertiary/aromatic N) is 2. The number of hydrogen-bond donors (Lipinski definition) is 2. The fourth-order valence-corrected chi connectivity index (χ4v) is 2.16. The van der Waals surface area contributed by atoms with Crippen molar-refractivity contribution in [3.63, 3.8) is 0 Å². The first-order chi connectivity index (χ1) is 9.79. The number of pyridine rings is 1. The van der Waals surface area contributed by atoms with E-state index in [1.165, 1.54) is 0 Å².